The number of hydrogen-bond acceptors (Lipinski definition) is 7. The van der Waals surface area contributed by atoms with Crippen LogP contribution in [0, 0.1) is 10.1 Å². The molecular weight excluding hydrogens is 258 g/mol. The first-order chi connectivity index (χ1) is 9.10. The van der Waals surface area contributed by atoms with Gasteiger partial charge in [-0.05, 0) is 4.92 Å². The third-order valence-electron chi connectivity index (χ3n) is 2.19. The number of carbonyl (C=O) groups excluding carboxylic acids is 1. The van der Waals surface area contributed by atoms with Crippen molar-refractivity contribution in [3.05, 3.63) is 21.9 Å². The second kappa shape index (κ2) is 7.44. The lowest BCUT2D eigenvalue weighted by Crippen LogP contribution is -2.17. The molecule has 0 spiro atoms. The first kappa shape index (κ1) is 15.1. The summed E-state index contributed by atoms with van der Waals surface area (Å²) in [6, 6.07) is 1.07. The van der Waals surface area contributed by atoms with E-state index >= 15 is 0 Å². The highest BCUT2D eigenvalue weighted by molar-refractivity contribution is 5.88. The van der Waals surface area contributed by atoms with E-state index < -0.39 is 16.7 Å². The average molecular weight is 273 g/mol. The van der Waals surface area contributed by atoms with Crippen molar-refractivity contribution in [2.45, 2.75) is 6.54 Å². The summed E-state index contributed by atoms with van der Waals surface area (Å²) in [6.07, 6.45) is 0. The molecule has 1 heterocycles. The van der Waals surface area contributed by atoms with Gasteiger partial charge < -0.3 is 24.3 Å². The quantitative estimate of drug-likeness (QED) is 0.289. The Balaban J connectivity index is 2.83. The van der Waals surface area contributed by atoms with Crippen LogP contribution in [0.15, 0.2) is 6.07 Å². The van der Waals surface area contributed by atoms with Crippen molar-refractivity contribution in [3.63, 3.8) is 0 Å². The van der Waals surface area contributed by atoms with Crippen LogP contribution in [0.2, 0.25) is 0 Å². The number of rotatable bonds is 8. The van der Waals surface area contributed by atoms with Crippen LogP contribution >= 0.6 is 0 Å². The number of hydrogen-bond donors (Lipinski definition) is 0. The third kappa shape index (κ3) is 4.30. The van der Waals surface area contributed by atoms with Gasteiger partial charge in [0, 0.05) is 14.2 Å². The van der Waals surface area contributed by atoms with Gasteiger partial charge in [-0.1, -0.05) is 0 Å². The van der Waals surface area contributed by atoms with Crippen molar-refractivity contribution in [2.75, 3.05) is 34.0 Å². The molecule has 9 nitrogen and oxygen atoms in total. The van der Waals surface area contributed by atoms with Crippen LogP contribution in [0.25, 0.3) is 0 Å². The van der Waals surface area contributed by atoms with Gasteiger partial charge >= 0.3 is 11.8 Å². The van der Waals surface area contributed by atoms with E-state index in [1.54, 1.807) is 0 Å². The smallest absolute Gasteiger partial charge is 0.390 e. The summed E-state index contributed by atoms with van der Waals surface area (Å²) in [6.45, 7) is 0.814. The number of aromatic nitrogens is 2. The maximum atomic E-state index is 11.7. The lowest BCUT2D eigenvalue weighted by atomic mass is 10.4. The monoisotopic (exact) mass is 273 g/mol. The highest BCUT2D eigenvalue weighted by Gasteiger charge is 2.24. The van der Waals surface area contributed by atoms with Crippen LogP contribution in [0.4, 0.5) is 5.82 Å². The Morgan fingerprint density at radius 1 is 1.37 bits per heavy atom. The molecule has 106 valence electrons. The zero-order chi connectivity index (χ0) is 14.3. The number of nitro groups is 1. The molecule has 0 bridgehead atoms. The number of ether oxygens (including phenoxy) is 3. The lowest BCUT2D eigenvalue weighted by molar-refractivity contribution is -0.389. The van der Waals surface area contributed by atoms with Crippen molar-refractivity contribution in [2.24, 2.45) is 0 Å². The van der Waals surface area contributed by atoms with E-state index in [2.05, 4.69) is 5.10 Å². The first-order valence-corrected chi connectivity index (χ1v) is 5.47. The molecule has 0 saturated carbocycles. The van der Waals surface area contributed by atoms with Crippen molar-refractivity contribution in [3.8, 4) is 0 Å². The molecular formula is C10H15N3O6. The molecule has 0 fully saturated rings. The minimum atomic E-state index is -0.686. The molecule has 0 aliphatic carbocycles. The van der Waals surface area contributed by atoms with Crippen molar-refractivity contribution >= 4 is 11.8 Å². The fourth-order valence-electron chi connectivity index (χ4n) is 1.30. The van der Waals surface area contributed by atoms with E-state index in [1.807, 2.05) is 0 Å². The van der Waals surface area contributed by atoms with Crippen LogP contribution in [-0.2, 0) is 20.8 Å². The molecule has 0 unspecified atom stereocenters. The minimum Gasteiger partial charge on any atom is -0.458 e. The van der Waals surface area contributed by atoms with Crippen LogP contribution in [-0.4, -0.2) is 54.7 Å². The van der Waals surface area contributed by atoms with E-state index in [0.29, 0.717) is 0 Å². The van der Waals surface area contributed by atoms with Gasteiger partial charge in [0.05, 0.1) is 30.9 Å². The molecule has 1 aromatic rings. The zero-order valence-corrected chi connectivity index (χ0v) is 10.7. The van der Waals surface area contributed by atoms with E-state index in [9.17, 15) is 14.9 Å². The van der Waals surface area contributed by atoms with Crippen LogP contribution in [0.3, 0.4) is 0 Å². The Morgan fingerprint density at radius 2 is 2.05 bits per heavy atom. The summed E-state index contributed by atoms with van der Waals surface area (Å²) in [5.41, 5.74) is 0.0138. The maximum absolute atomic E-state index is 11.7. The molecule has 0 aliphatic heterocycles. The summed E-state index contributed by atoms with van der Waals surface area (Å²) in [7, 11) is 2.95. The summed E-state index contributed by atoms with van der Waals surface area (Å²) in [5, 5.41) is 14.4. The summed E-state index contributed by atoms with van der Waals surface area (Å²) in [4.78, 5) is 21.7. The van der Waals surface area contributed by atoms with Crippen molar-refractivity contribution in [1.82, 2.24) is 9.78 Å². The molecule has 0 N–H and O–H groups in total. The summed E-state index contributed by atoms with van der Waals surface area (Å²) < 4.78 is 15.7. The van der Waals surface area contributed by atoms with E-state index in [0.717, 1.165) is 6.07 Å². The van der Waals surface area contributed by atoms with Gasteiger partial charge in [0.1, 0.15) is 6.61 Å². The molecule has 0 atom stereocenters. The second-order valence-corrected chi connectivity index (χ2v) is 3.49. The number of methoxy groups -OCH3 is 2. The molecule has 0 aliphatic rings. The van der Waals surface area contributed by atoms with Gasteiger partial charge in [0.15, 0.2) is 5.69 Å². The van der Waals surface area contributed by atoms with Crippen LogP contribution in [0.1, 0.15) is 10.5 Å². The van der Waals surface area contributed by atoms with E-state index in [-0.39, 0.29) is 32.1 Å². The molecule has 19 heavy (non-hydrogen) atoms. The normalized spacial score (nSPS) is 10.4. The minimum absolute atomic E-state index is 0.0138. The molecule has 1 aromatic heterocycles. The van der Waals surface area contributed by atoms with Gasteiger partial charge in [0.2, 0.25) is 0 Å². The summed E-state index contributed by atoms with van der Waals surface area (Å²) >= 11 is 0. The van der Waals surface area contributed by atoms with Crippen molar-refractivity contribution < 1.29 is 23.9 Å². The lowest BCUT2D eigenvalue weighted by Gasteiger charge is -2.04. The SMILES string of the molecule is COCCOC(=O)c1cc([N+](=O)[O-])nn1CCOC. The average Bonchev–Trinajstić information content (AvgIpc) is 2.80. The molecule has 9 heteroatoms. The predicted octanol–water partition coefficient (Wildman–Crippen LogP) is 0.241. The van der Waals surface area contributed by atoms with E-state index in [4.69, 9.17) is 14.2 Å². The molecule has 0 saturated heterocycles. The maximum Gasteiger partial charge on any atom is 0.390 e. The third-order valence-corrected chi connectivity index (χ3v) is 2.19. The Hall–Kier alpha value is -2.00. The van der Waals surface area contributed by atoms with Gasteiger partial charge in [0.25, 0.3) is 0 Å². The van der Waals surface area contributed by atoms with Crippen LogP contribution in [0.5, 0.6) is 0 Å². The Labute approximate surface area is 109 Å². The molecule has 0 radical (unpaired) electrons. The number of carbonyl (C=O) groups is 1. The second-order valence-electron chi connectivity index (χ2n) is 3.49. The predicted molar refractivity (Wildman–Crippen MR) is 62.9 cm³/mol. The van der Waals surface area contributed by atoms with Gasteiger partial charge in [-0.15, -0.1) is 0 Å². The topological polar surface area (TPSA) is 106 Å². The zero-order valence-electron chi connectivity index (χ0n) is 10.7. The van der Waals surface area contributed by atoms with Gasteiger partial charge in [-0.3, -0.25) is 0 Å². The fourth-order valence-corrected chi connectivity index (χ4v) is 1.30. The molecule has 1 rings (SSSR count). The Kier molecular flexibility index (Phi) is 5.90. The van der Waals surface area contributed by atoms with Crippen LogP contribution < -0.4 is 0 Å². The largest absolute Gasteiger partial charge is 0.458 e. The van der Waals surface area contributed by atoms with Gasteiger partial charge in [-0.25, -0.2) is 4.79 Å². The Bertz CT molecular complexity index is 444. The highest BCUT2D eigenvalue weighted by Crippen LogP contribution is 2.13. The van der Waals surface area contributed by atoms with Gasteiger partial charge in [-0.2, -0.15) is 4.68 Å². The molecule has 0 amide bonds. The first-order valence-electron chi connectivity index (χ1n) is 5.47. The fraction of sp³-hybridized carbons (Fsp3) is 0.600. The number of nitrogens with zero attached hydrogens (tertiary/aromatic N) is 3. The van der Waals surface area contributed by atoms with Crippen molar-refractivity contribution in [1.29, 1.82) is 0 Å². The summed E-state index contributed by atoms with van der Waals surface area (Å²) in [5.74, 6) is -1.09. The standard InChI is InChI=1S/C10H15N3O6/c1-17-4-3-12-8(7-9(11-12)13(15)16)10(14)19-6-5-18-2/h7H,3-6H2,1-2H3. The highest BCUT2D eigenvalue weighted by atomic mass is 16.6. The Morgan fingerprint density at radius 3 is 2.63 bits per heavy atom. The molecule has 0 aromatic carbocycles. The van der Waals surface area contributed by atoms with E-state index in [1.165, 1.54) is 18.9 Å². The number of esters is 1.